The quantitative estimate of drug-likeness (QED) is 0.610. The van der Waals surface area contributed by atoms with E-state index in [1.54, 1.807) is 24.3 Å². The molecule has 29 heavy (non-hydrogen) atoms. The minimum absolute atomic E-state index is 0.0219. The van der Waals surface area contributed by atoms with E-state index in [1.807, 2.05) is 0 Å². The number of hydrogen-bond donors (Lipinski definition) is 1. The minimum atomic E-state index is -1.78. The molecule has 1 N–H and O–H groups in total. The SMILES string of the molecule is COc1cccc(CNC(=O)C2=NN(c3c(F)c(F)cc(F)c3F)C(=O)CC2)c1. The Labute approximate surface area is 162 Å². The van der Waals surface area contributed by atoms with Crippen molar-refractivity contribution in [1.29, 1.82) is 0 Å². The van der Waals surface area contributed by atoms with Crippen LogP contribution in [0.5, 0.6) is 5.75 Å². The van der Waals surface area contributed by atoms with Crippen molar-refractivity contribution in [3.8, 4) is 5.75 Å². The summed E-state index contributed by atoms with van der Waals surface area (Å²) in [6.45, 7) is 0.0975. The first-order chi connectivity index (χ1) is 13.8. The zero-order valence-electron chi connectivity index (χ0n) is 15.1. The molecule has 0 fully saturated rings. The number of nitrogens with one attached hydrogen (secondary N) is 1. The molecule has 6 nitrogen and oxygen atoms in total. The molecule has 10 heteroatoms. The van der Waals surface area contributed by atoms with Crippen LogP contribution >= 0.6 is 0 Å². The highest BCUT2D eigenvalue weighted by Crippen LogP contribution is 2.30. The Bertz CT molecular complexity index is 984. The van der Waals surface area contributed by atoms with E-state index >= 15 is 0 Å². The van der Waals surface area contributed by atoms with Crippen LogP contribution in [0, 0.1) is 23.3 Å². The normalized spacial score (nSPS) is 13.9. The molecular weight excluding hydrogens is 394 g/mol. The van der Waals surface area contributed by atoms with E-state index in [2.05, 4.69) is 10.4 Å². The smallest absolute Gasteiger partial charge is 0.267 e. The lowest BCUT2D eigenvalue weighted by molar-refractivity contribution is -0.119. The lowest BCUT2D eigenvalue weighted by Crippen LogP contribution is -2.39. The van der Waals surface area contributed by atoms with E-state index in [9.17, 15) is 27.2 Å². The van der Waals surface area contributed by atoms with E-state index in [1.165, 1.54) is 7.11 Å². The molecule has 0 spiro atoms. The number of hydrazone groups is 1. The highest BCUT2D eigenvalue weighted by molar-refractivity contribution is 6.40. The van der Waals surface area contributed by atoms with Crippen LogP contribution in [0.2, 0.25) is 0 Å². The van der Waals surface area contributed by atoms with Crippen molar-refractivity contribution in [3.05, 3.63) is 59.2 Å². The van der Waals surface area contributed by atoms with E-state index in [0.717, 1.165) is 0 Å². The molecule has 0 bridgehead atoms. The molecule has 2 amide bonds. The van der Waals surface area contributed by atoms with Gasteiger partial charge in [0.15, 0.2) is 23.3 Å². The van der Waals surface area contributed by atoms with Gasteiger partial charge >= 0.3 is 0 Å². The molecule has 2 aromatic rings. The maximum absolute atomic E-state index is 14.0. The number of ether oxygens (including phenoxy) is 1. The van der Waals surface area contributed by atoms with Crippen molar-refractivity contribution < 1.29 is 31.9 Å². The fourth-order valence-corrected chi connectivity index (χ4v) is 2.70. The number of rotatable bonds is 5. The third-order valence-electron chi connectivity index (χ3n) is 4.18. The lowest BCUT2D eigenvalue weighted by Gasteiger charge is -2.24. The molecule has 1 aliphatic rings. The minimum Gasteiger partial charge on any atom is -0.497 e. The van der Waals surface area contributed by atoms with Crippen LogP contribution in [0.1, 0.15) is 18.4 Å². The monoisotopic (exact) mass is 409 g/mol. The molecule has 0 unspecified atom stereocenters. The van der Waals surface area contributed by atoms with Crippen molar-refractivity contribution in [2.75, 3.05) is 12.1 Å². The van der Waals surface area contributed by atoms with E-state index in [-0.39, 0.29) is 36.2 Å². The summed E-state index contributed by atoms with van der Waals surface area (Å²) in [4.78, 5) is 24.4. The number of anilines is 1. The van der Waals surface area contributed by atoms with Crippen molar-refractivity contribution in [2.45, 2.75) is 19.4 Å². The number of carbonyl (C=O) groups is 2. The average molecular weight is 409 g/mol. The summed E-state index contributed by atoms with van der Waals surface area (Å²) in [6, 6.07) is 6.90. The average Bonchev–Trinajstić information content (AvgIpc) is 2.72. The Hall–Kier alpha value is -3.43. The van der Waals surface area contributed by atoms with Crippen LogP contribution < -0.4 is 15.1 Å². The van der Waals surface area contributed by atoms with Gasteiger partial charge < -0.3 is 10.1 Å². The molecule has 1 heterocycles. The second-order valence-electron chi connectivity index (χ2n) is 6.10. The van der Waals surface area contributed by atoms with Crippen LogP contribution in [-0.4, -0.2) is 24.6 Å². The molecule has 152 valence electrons. The first-order valence-electron chi connectivity index (χ1n) is 8.46. The molecular formula is C19H15F4N3O3. The van der Waals surface area contributed by atoms with E-state index in [4.69, 9.17) is 4.74 Å². The Morgan fingerprint density at radius 2 is 1.83 bits per heavy atom. The van der Waals surface area contributed by atoms with Crippen LogP contribution in [0.3, 0.4) is 0 Å². The zero-order valence-corrected chi connectivity index (χ0v) is 15.1. The molecule has 0 saturated heterocycles. The fourth-order valence-electron chi connectivity index (χ4n) is 2.70. The number of amides is 2. The largest absolute Gasteiger partial charge is 0.497 e. The summed E-state index contributed by atoms with van der Waals surface area (Å²) in [5, 5.41) is 6.37. The third kappa shape index (κ3) is 4.20. The standard InChI is InChI=1S/C19H15F4N3O3/c1-29-11-4-2-3-10(7-11)9-24-19(28)14-5-6-15(27)26(25-14)18-16(22)12(20)8-13(21)17(18)23/h2-4,7-8H,5-6,9H2,1H3,(H,24,28). The highest BCUT2D eigenvalue weighted by atomic mass is 19.2. The molecule has 1 aliphatic heterocycles. The van der Waals surface area contributed by atoms with Crippen molar-refractivity contribution in [3.63, 3.8) is 0 Å². The first kappa shape index (κ1) is 20.3. The number of methoxy groups -OCH3 is 1. The Morgan fingerprint density at radius 3 is 2.48 bits per heavy atom. The fraction of sp³-hybridized carbons (Fsp3) is 0.211. The summed E-state index contributed by atoms with van der Waals surface area (Å²) < 4.78 is 60.0. The second kappa shape index (κ2) is 8.29. The maximum Gasteiger partial charge on any atom is 0.267 e. The summed E-state index contributed by atoms with van der Waals surface area (Å²) >= 11 is 0. The number of hydrogen-bond acceptors (Lipinski definition) is 4. The van der Waals surface area contributed by atoms with Crippen molar-refractivity contribution >= 4 is 23.2 Å². The van der Waals surface area contributed by atoms with Crippen LogP contribution in [0.25, 0.3) is 0 Å². The number of halogens is 4. The maximum atomic E-state index is 14.0. The molecule has 0 atom stereocenters. The summed E-state index contributed by atoms with van der Waals surface area (Å²) in [5.41, 5.74) is -0.799. The van der Waals surface area contributed by atoms with Gasteiger partial charge in [0.05, 0.1) is 7.11 Å². The van der Waals surface area contributed by atoms with Gasteiger partial charge in [-0.1, -0.05) is 12.1 Å². The second-order valence-corrected chi connectivity index (χ2v) is 6.10. The molecule has 0 aliphatic carbocycles. The van der Waals surface area contributed by atoms with Gasteiger partial charge in [-0.25, -0.2) is 17.6 Å². The van der Waals surface area contributed by atoms with Crippen molar-refractivity contribution in [1.82, 2.24) is 5.32 Å². The zero-order chi connectivity index (χ0) is 21.1. The van der Waals surface area contributed by atoms with Gasteiger partial charge in [-0.2, -0.15) is 10.1 Å². The molecule has 0 saturated carbocycles. The Morgan fingerprint density at radius 1 is 1.14 bits per heavy atom. The van der Waals surface area contributed by atoms with Gasteiger partial charge in [0.1, 0.15) is 17.1 Å². The van der Waals surface area contributed by atoms with Crippen LogP contribution in [0.4, 0.5) is 23.2 Å². The van der Waals surface area contributed by atoms with Gasteiger partial charge in [0.2, 0.25) is 5.91 Å². The van der Waals surface area contributed by atoms with Gasteiger partial charge in [0, 0.05) is 25.5 Å². The summed E-state index contributed by atoms with van der Waals surface area (Å²) in [5.74, 6) is -7.94. The first-order valence-corrected chi connectivity index (χ1v) is 8.46. The highest BCUT2D eigenvalue weighted by Gasteiger charge is 2.32. The predicted molar refractivity (Wildman–Crippen MR) is 95.3 cm³/mol. The van der Waals surface area contributed by atoms with Gasteiger partial charge in [-0.05, 0) is 17.7 Å². The Kier molecular flexibility index (Phi) is 5.81. The summed E-state index contributed by atoms with van der Waals surface area (Å²) in [7, 11) is 1.49. The van der Waals surface area contributed by atoms with Gasteiger partial charge in [0.25, 0.3) is 5.91 Å². The molecule has 2 aromatic carbocycles. The van der Waals surface area contributed by atoms with E-state index < -0.39 is 40.8 Å². The number of nitrogens with zero attached hydrogens (tertiary/aromatic N) is 2. The number of benzene rings is 2. The van der Waals surface area contributed by atoms with E-state index in [0.29, 0.717) is 11.3 Å². The van der Waals surface area contributed by atoms with Crippen LogP contribution in [-0.2, 0) is 16.1 Å². The molecule has 3 rings (SSSR count). The lowest BCUT2D eigenvalue weighted by atomic mass is 10.1. The molecule has 0 radical (unpaired) electrons. The van der Waals surface area contributed by atoms with Gasteiger partial charge in [-0.3, -0.25) is 9.59 Å². The summed E-state index contributed by atoms with van der Waals surface area (Å²) in [6.07, 6.45) is -0.414. The van der Waals surface area contributed by atoms with Crippen molar-refractivity contribution in [2.24, 2.45) is 5.10 Å². The number of carbonyl (C=O) groups excluding carboxylic acids is 2. The van der Waals surface area contributed by atoms with Gasteiger partial charge in [-0.15, -0.1) is 0 Å². The molecule has 0 aromatic heterocycles. The third-order valence-corrected chi connectivity index (χ3v) is 4.18. The van der Waals surface area contributed by atoms with Crippen LogP contribution in [0.15, 0.2) is 35.4 Å². The topological polar surface area (TPSA) is 71.0 Å². The Balaban J connectivity index is 1.83. The predicted octanol–water partition coefficient (Wildman–Crippen LogP) is 3.05.